The molecule has 3 aromatic rings. The number of carbonyl (C=O) groups excluding carboxylic acids is 1. The minimum atomic E-state index is -0.480. The second-order valence-electron chi connectivity index (χ2n) is 4.98. The highest BCUT2D eigenvalue weighted by Crippen LogP contribution is 2.26. The summed E-state index contributed by atoms with van der Waals surface area (Å²) in [6, 6.07) is 23.1. The fourth-order valence-electron chi connectivity index (χ4n) is 2.15. The molecule has 0 amide bonds. The van der Waals surface area contributed by atoms with Gasteiger partial charge in [0.2, 0.25) is 0 Å². The average Bonchev–Trinajstić information content (AvgIpc) is 2.63. The van der Waals surface area contributed by atoms with Gasteiger partial charge in [0.1, 0.15) is 28.6 Å². The summed E-state index contributed by atoms with van der Waals surface area (Å²) >= 11 is 0. The Balaban J connectivity index is 1.79. The van der Waals surface area contributed by atoms with Crippen molar-refractivity contribution in [2.24, 2.45) is 0 Å². The van der Waals surface area contributed by atoms with E-state index in [4.69, 9.17) is 14.2 Å². The number of methoxy groups -OCH3 is 1. The van der Waals surface area contributed by atoms with Crippen molar-refractivity contribution >= 4 is 5.97 Å². The van der Waals surface area contributed by atoms with Gasteiger partial charge in [0, 0.05) is 0 Å². The Morgan fingerprint density at radius 3 is 2.04 bits per heavy atom. The van der Waals surface area contributed by atoms with E-state index in [1.807, 2.05) is 36.4 Å². The number of rotatable bonds is 5. The first kappa shape index (κ1) is 15.6. The SMILES string of the molecule is COc1ccc(OC(=O)c2ccccc2Oc2ccccc2)cc1. The molecule has 0 saturated heterocycles. The lowest BCUT2D eigenvalue weighted by Crippen LogP contribution is -2.09. The Labute approximate surface area is 140 Å². The number of hydrogen-bond acceptors (Lipinski definition) is 4. The van der Waals surface area contributed by atoms with Crippen LogP contribution in [0.1, 0.15) is 10.4 Å². The summed E-state index contributed by atoms with van der Waals surface area (Å²) in [5.41, 5.74) is 0.358. The molecule has 0 saturated carbocycles. The topological polar surface area (TPSA) is 44.8 Å². The molecule has 120 valence electrons. The van der Waals surface area contributed by atoms with Crippen LogP contribution in [0.2, 0.25) is 0 Å². The summed E-state index contributed by atoms with van der Waals surface area (Å²) < 4.78 is 16.3. The van der Waals surface area contributed by atoms with Gasteiger partial charge in [-0.25, -0.2) is 4.79 Å². The number of carbonyl (C=O) groups is 1. The van der Waals surface area contributed by atoms with E-state index < -0.39 is 5.97 Å². The van der Waals surface area contributed by atoms with E-state index in [1.54, 1.807) is 49.6 Å². The Morgan fingerprint density at radius 1 is 0.708 bits per heavy atom. The summed E-state index contributed by atoms with van der Waals surface area (Å²) in [5.74, 6) is 1.76. The molecule has 0 aliphatic carbocycles. The van der Waals surface area contributed by atoms with E-state index in [1.165, 1.54) is 0 Å². The highest BCUT2D eigenvalue weighted by Gasteiger charge is 2.15. The predicted octanol–water partition coefficient (Wildman–Crippen LogP) is 4.71. The normalized spacial score (nSPS) is 10.0. The van der Waals surface area contributed by atoms with E-state index >= 15 is 0 Å². The van der Waals surface area contributed by atoms with Crippen LogP contribution in [0, 0.1) is 0 Å². The van der Waals surface area contributed by atoms with Crippen molar-refractivity contribution in [2.45, 2.75) is 0 Å². The Hall–Kier alpha value is -3.27. The number of benzene rings is 3. The van der Waals surface area contributed by atoms with Crippen LogP contribution in [0.3, 0.4) is 0 Å². The van der Waals surface area contributed by atoms with E-state index in [9.17, 15) is 4.79 Å². The summed E-state index contributed by atoms with van der Waals surface area (Å²) in [4.78, 5) is 12.4. The van der Waals surface area contributed by atoms with Gasteiger partial charge in [-0.05, 0) is 48.5 Å². The van der Waals surface area contributed by atoms with Crippen molar-refractivity contribution in [1.82, 2.24) is 0 Å². The molecule has 0 aromatic heterocycles. The van der Waals surface area contributed by atoms with Crippen molar-refractivity contribution in [2.75, 3.05) is 7.11 Å². The van der Waals surface area contributed by atoms with Gasteiger partial charge < -0.3 is 14.2 Å². The Bertz CT molecular complexity index is 811. The van der Waals surface area contributed by atoms with Gasteiger partial charge in [-0.3, -0.25) is 0 Å². The third kappa shape index (κ3) is 3.73. The molecule has 3 aromatic carbocycles. The van der Waals surface area contributed by atoms with Crippen LogP contribution >= 0.6 is 0 Å². The first-order chi connectivity index (χ1) is 11.8. The summed E-state index contributed by atoms with van der Waals surface area (Å²) in [7, 11) is 1.58. The molecule has 0 N–H and O–H groups in total. The lowest BCUT2D eigenvalue weighted by molar-refractivity contribution is 0.0732. The molecule has 0 spiro atoms. The number of hydrogen-bond donors (Lipinski definition) is 0. The lowest BCUT2D eigenvalue weighted by Gasteiger charge is -2.11. The van der Waals surface area contributed by atoms with Gasteiger partial charge in [0.15, 0.2) is 0 Å². The maximum absolute atomic E-state index is 12.4. The first-order valence-electron chi connectivity index (χ1n) is 7.44. The Kier molecular flexibility index (Phi) is 4.77. The zero-order valence-corrected chi connectivity index (χ0v) is 13.1. The van der Waals surface area contributed by atoms with Crippen LogP contribution in [-0.2, 0) is 0 Å². The molecule has 0 fully saturated rings. The zero-order chi connectivity index (χ0) is 16.8. The highest BCUT2D eigenvalue weighted by molar-refractivity contribution is 5.94. The maximum Gasteiger partial charge on any atom is 0.347 e. The van der Waals surface area contributed by atoms with Crippen molar-refractivity contribution < 1.29 is 19.0 Å². The second-order valence-corrected chi connectivity index (χ2v) is 4.98. The molecule has 0 bridgehead atoms. The highest BCUT2D eigenvalue weighted by atomic mass is 16.5. The standard InChI is InChI=1S/C20H16O4/c1-22-15-11-13-17(14-12-15)24-20(21)18-9-5-6-10-19(18)23-16-7-3-2-4-8-16/h2-14H,1H3. The van der Waals surface area contributed by atoms with Gasteiger partial charge in [0.05, 0.1) is 7.11 Å². The lowest BCUT2D eigenvalue weighted by atomic mass is 10.2. The second kappa shape index (κ2) is 7.33. The number of esters is 1. The van der Waals surface area contributed by atoms with E-state index in [-0.39, 0.29) is 0 Å². The van der Waals surface area contributed by atoms with Crippen molar-refractivity contribution in [3.63, 3.8) is 0 Å². The molecule has 0 heterocycles. The van der Waals surface area contributed by atoms with Gasteiger partial charge in [-0.1, -0.05) is 30.3 Å². The van der Waals surface area contributed by atoms with Gasteiger partial charge in [-0.15, -0.1) is 0 Å². The number of ether oxygens (including phenoxy) is 3. The molecule has 4 nitrogen and oxygen atoms in total. The van der Waals surface area contributed by atoms with Crippen LogP contribution in [0.5, 0.6) is 23.0 Å². The summed E-state index contributed by atoms with van der Waals surface area (Å²) in [5, 5.41) is 0. The molecular weight excluding hydrogens is 304 g/mol. The summed E-state index contributed by atoms with van der Waals surface area (Å²) in [6.45, 7) is 0. The molecule has 0 aliphatic rings. The number of para-hydroxylation sites is 2. The van der Waals surface area contributed by atoms with Crippen molar-refractivity contribution in [3.05, 3.63) is 84.4 Å². The summed E-state index contributed by atoms with van der Waals surface area (Å²) in [6.07, 6.45) is 0. The smallest absolute Gasteiger partial charge is 0.347 e. The molecule has 0 radical (unpaired) electrons. The Morgan fingerprint density at radius 2 is 1.33 bits per heavy atom. The van der Waals surface area contributed by atoms with E-state index in [0.29, 0.717) is 28.6 Å². The van der Waals surface area contributed by atoms with Crippen LogP contribution in [0.4, 0.5) is 0 Å². The van der Waals surface area contributed by atoms with Crippen molar-refractivity contribution in [3.8, 4) is 23.0 Å². The quantitative estimate of drug-likeness (QED) is 0.504. The zero-order valence-electron chi connectivity index (χ0n) is 13.1. The van der Waals surface area contributed by atoms with E-state index in [2.05, 4.69) is 0 Å². The fraction of sp³-hybridized carbons (Fsp3) is 0.0500. The predicted molar refractivity (Wildman–Crippen MR) is 90.9 cm³/mol. The minimum Gasteiger partial charge on any atom is -0.497 e. The van der Waals surface area contributed by atoms with Crippen LogP contribution in [0.15, 0.2) is 78.9 Å². The average molecular weight is 320 g/mol. The van der Waals surface area contributed by atoms with Gasteiger partial charge >= 0.3 is 5.97 Å². The molecule has 0 aliphatic heterocycles. The molecule has 24 heavy (non-hydrogen) atoms. The van der Waals surface area contributed by atoms with Gasteiger partial charge in [0.25, 0.3) is 0 Å². The third-order valence-electron chi connectivity index (χ3n) is 3.35. The van der Waals surface area contributed by atoms with Crippen LogP contribution < -0.4 is 14.2 Å². The molecule has 0 atom stereocenters. The monoisotopic (exact) mass is 320 g/mol. The minimum absolute atomic E-state index is 0.358. The molecule has 0 unspecified atom stereocenters. The molecule has 3 rings (SSSR count). The largest absolute Gasteiger partial charge is 0.497 e. The molecule has 4 heteroatoms. The fourth-order valence-corrected chi connectivity index (χ4v) is 2.15. The van der Waals surface area contributed by atoms with Crippen LogP contribution in [-0.4, -0.2) is 13.1 Å². The third-order valence-corrected chi connectivity index (χ3v) is 3.35. The van der Waals surface area contributed by atoms with Crippen molar-refractivity contribution in [1.29, 1.82) is 0 Å². The van der Waals surface area contributed by atoms with Gasteiger partial charge in [-0.2, -0.15) is 0 Å². The molecular formula is C20H16O4. The maximum atomic E-state index is 12.4. The van der Waals surface area contributed by atoms with E-state index in [0.717, 1.165) is 0 Å². The first-order valence-corrected chi connectivity index (χ1v) is 7.44. The van der Waals surface area contributed by atoms with Crippen LogP contribution in [0.25, 0.3) is 0 Å².